The molecule has 0 unspecified atom stereocenters. The third-order valence-electron chi connectivity index (χ3n) is 3.06. The Bertz CT molecular complexity index is 430. The zero-order chi connectivity index (χ0) is 15.1. The lowest BCUT2D eigenvalue weighted by atomic mass is 9.98. The summed E-state index contributed by atoms with van der Waals surface area (Å²) in [5.41, 5.74) is 0. The van der Waals surface area contributed by atoms with Crippen molar-refractivity contribution >= 4 is 34.7 Å². The number of carbonyl (C=O) groups is 6. The highest BCUT2D eigenvalue weighted by atomic mass is 16.2. The Morgan fingerprint density at radius 1 is 0.450 bits per heavy atom. The fraction of sp³-hybridized carbons (Fsp3) is 0.571. The smallest absolute Gasteiger partial charge is 0.205 e. The van der Waals surface area contributed by atoms with Crippen molar-refractivity contribution in [2.75, 3.05) is 0 Å². The summed E-state index contributed by atoms with van der Waals surface area (Å²) < 4.78 is 0. The van der Waals surface area contributed by atoms with E-state index in [0.717, 1.165) is 0 Å². The van der Waals surface area contributed by atoms with Crippen LogP contribution in [0.4, 0.5) is 0 Å². The SMILES string of the molecule is O=C1CCCC(=O)C(=O)CC(=O)CCCC(=O)C(=O)C1. The number of hydrogen-bond acceptors (Lipinski definition) is 6. The fourth-order valence-electron chi connectivity index (χ4n) is 1.90. The first kappa shape index (κ1) is 16.1. The average molecular weight is 280 g/mol. The molecule has 1 fully saturated rings. The van der Waals surface area contributed by atoms with Gasteiger partial charge in [0.15, 0.2) is 11.6 Å². The van der Waals surface area contributed by atoms with Gasteiger partial charge in [0.05, 0.1) is 12.8 Å². The van der Waals surface area contributed by atoms with Crippen molar-refractivity contribution in [3.63, 3.8) is 0 Å². The highest BCUT2D eigenvalue weighted by Crippen LogP contribution is 2.08. The van der Waals surface area contributed by atoms with Crippen LogP contribution in [-0.2, 0) is 28.8 Å². The van der Waals surface area contributed by atoms with E-state index in [-0.39, 0.29) is 38.5 Å². The quantitative estimate of drug-likeness (QED) is 0.474. The maximum Gasteiger partial charge on any atom is 0.205 e. The molecule has 0 N–H and O–H groups in total. The Balaban J connectivity index is 2.69. The van der Waals surface area contributed by atoms with Crippen LogP contribution in [-0.4, -0.2) is 34.7 Å². The first-order valence-electron chi connectivity index (χ1n) is 6.55. The molecule has 0 amide bonds. The molecule has 0 aromatic heterocycles. The first-order chi connectivity index (χ1) is 9.40. The second kappa shape index (κ2) is 7.57. The normalized spacial score (nSPS) is 21.0. The molecule has 0 bridgehead atoms. The van der Waals surface area contributed by atoms with E-state index in [4.69, 9.17) is 0 Å². The van der Waals surface area contributed by atoms with E-state index in [1.54, 1.807) is 0 Å². The monoisotopic (exact) mass is 280 g/mol. The number of hydrogen-bond donors (Lipinski definition) is 0. The van der Waals surface area contributed by atoms with Crippen LogP contribution in [0.1, 0.15) is 51.4 Å². The molecule has 0 radical (unpaired) electrons. The first-order valence-corrected chi connectivity index (χ1v) is 6.55. The van der Waals surface area contributed by atoms with Crippen molar-refractivity contribution in [3.8, 4) is 0 Å². The third kappa shape index (κ3) is 5.34. The lowest BCUT2D eigenvalue weighted by molar-refractivity contribution is -0.140. The molecule has 20 heavy (non-hydrogen) atoms. The molecule has 0 aromatic carbocycles. The molecule has 1 aliphatic carbocycles. The molecule has 6 heteroatoms. The lowest BCUT2D eigenvalue weighted by Gasteiger charge is -2.04. The van der Waals surface area contributed by atoms with E-state index in [0.29, 0.717) is 0 Å². The highest BCUT2D eigenvalue weighted by molar-refractivity contribution is 6.41. The van der Waals surface area contributed by atoms with E-state index >= 15 is 0 Å². The van der Waals surface area contributed by atoms with Crippen LogP contribution in [0.25, 0.3) is 0 Å². The molecule has 0 aromatic rings. The predicted molar refractivity (Wildman–Crippen MR) is 67.0 cm³/mol. The molecule has 0 saturated heterocycles. The minimum absolute atomic E-state index is 0.0218. The number of ketones is 6. The van der Waals surface area contributed by atoms with Crippen LogP contribution < -0.4 is 0 Å². The van der Waals surface area contributed by atoms with Gasteiger partial charge in [-0.15, -0.1) is 0 Å². The highest BCUT2D eigenvalue weighted by Gasteiger charge is 2.21. The number of rotatable bonds is 0. The van der Waals surface area contributed by atoms with Gasteiger partial charge in [-0.3, -0.25) is 28.8 Å². The van der Waals surface area contributed by atoms with Crippen LogP contribution in [0.15, 0.2) is 0 Å². The summed E-state index contributed by atoms with van der Waals surface area (Å²) in [5.74, 6) is -3.63. The van der Waals surface area contributed by atoms with Crippen molar-refractivity contribution in [1.29, 1.82) is 0 Å². The van der Waals surface area contributed by atoms with Crippen molar-refractivity contribution in [1.82, 2.24) is 0 Å². The second-order valence-corrected chi connectivity index (χ2v) is 4.83. The standard InChI is InChI=1S/C14H16O6/c15-9-3-1-5-11(17)13(19)8-10(16)4-2-6-12(18)14(20)7-9/h1-8H2. The summed E-state index contributed by atoms with van der Waals surface area (Å²) in [6, 6.07) is 0. The number of carbonyl (C=O) groups excluding carboxylic acids is 6. The van der Waals surface area contributed by atoms with E-state index in [9.17, 15) is 28.8 Å². The van der Waals surface area contributed by atoms with Crippen molar-refractivity contribution in [2.24, 2.45) is 0 Å². The lowest BCUT2D eigenvalue weighted by Crippen LogP contribution is -2.21. The minimum Gasteiger partial charge on any atom is -0.299 e. The summed E-state index contributed by atoms with van der Waals surface area (Å²) in [7, 11) is 0. The fourth-order valence-corrected chi connectivity index (χ4v) is 1.90. The van der Waals surface area contributed by atoms with Crippen molar-refractivity contribution in [3.05, 3.63) is 0 Å². The molecule has 6 nitrogen and oxygen atoms in total. The summed E-state index contributed by atoms with van der Waals surface area (Å²) in [4.78, 5) is 68.5. The largest absolute Gasteiger partial charge is 0.299 e. The average Bonchev–Trinajstić information content (AvgIpc) is 2.37. The van der Waals surface area contributed by atoms with Crippen LogP contribution in [0, 0.1) is 0 Å². The van der Waals surface area contributed by atoms with Crippen molar-refractivity contribution in [2.45, 2.75) is 51.4 Å². The molecular formula is C14H16O6. The van der Waals surface area contributed by atoms with E-state index in [1.165, 1.54) is 0 Å². The Hall–Kier alpha value is -1.98. The van der Waals surface area contributed by atoms with Gasteiger partial charge in [0, 0.05) is 25.7 Å². The third-order valence-corrected chi connectivity index (χ3v) is 3.06. The van der Waals surface area contributed by atoms with E-state index < -0.39 is 47.5 Å². The maximum atomic E-state index is 11.4. The molecule has 1 rings (SSSR count). The van der Waals surface area contributed by atoms with Gasteiger partial charge in [0.25, 0.3) is 0 Å². The Kier molecular flexibility index (Phi) is 6.09. The topological polar surface area (TPSA) is 102 Å². The predicted octanol–water partition coefficient (Wildman–Crippen LogP) is 0.535. The Morgan fingerprint density at radius 3 is 1.15 bits per heavy atom. The zero-order valence-corrected chi connectivity index (χ0v) is 11.1. The summed E-state index contributed by atoms with van der Waals surface area (Å²) in [6.07, 6.45) is -0.889. The second-order valence-electron chi connectivity index (χ2n) is 4.83. The molecule has 1 saturated carbocycles. The number of Topliss-reactive ketones (excluding diaryl/α,β-unsaturated/α-hetero) is 6. The summed E-state index contributed by atoms with van der Waals surface area (Å²) >= 11 is 0. The van der Waals surface area contributed by atoms with Gasteiger partial charge in [-0.05, 0) is 12.8 Å². The summed E-state index contributed by atoms with van der Waals surface area (Å²) in [6.45, 7) is 0. The van der Waals surface area contributed by atoms with Gasteiger partial charge in [-0.1, -0.05) is 0 Å². The van der Waals surface area contributed by atoms with Gasteiger partial charge in [-0.25, -0.2) is 0 Å². The van der Waals surface area contributed by atoms with Gasteiger partial charge in [-0.2, -0.15) is 0 Å². The van der Waals surface area contributed by atoms with Crippen LogP contribution >= 0.6 is 0 Å². The van der Waals surface area contributed by atoms with Crippen LogP contribution in [0.5, 0.6) is 0 Å². The van der Waals surface area contributed by atoms with Crippen LogP contribution in [0.2, 0.25) is 0 Å². The minimum atomic E-state index is -0.748. The Morgan fingerprint density at radius 2 is 0.800 bits per heavy atom. The van der Waals surface area contributed by atoms with Crippen molar-refractivity contribution < 1.29 is 28.8 Å². The summed E-state index contributed by atoms with van der Waals surface area (Å²) in [5, 5.41) is 0. The maximum absolute atomic E-state index is 11.4. The molecule has 0 atom stereocenters. The zero-order valence-electron chi connectivity index (χ0n) is 11.1. The van der Waals surface area contributed by atoms with E-state index in [1.807, 2.05) is 0 Å². The van der Waals surface area contributed by atoms with Gasteiger partial charge in [0.2, 0.25) is 11.6 Å². The van der Waals surface area contributed by atoms with Gasteiger partial charge >= 0.3 is 0 Å². The van der Waals surface area contributed by atoms with Crippen LogP contribution in [0.3, 0.4) is 0 Å². The molecule has 0 heterocycles. The molecule has 108 valence electrons. The molecular weight excluding hydrogens is 264 g/mol. The molecule has 1 aliphatic rings. The van der Waals surface area contributed by atoms with Gasteiger partial charge < -0.3 is 0 Å². The molecule has 0 aliphatic heterocycles. The molecule has 0 spiro atoms. The van der Waals surface area contributed by atoms with Gasteiger partial charge in [0.1, 0.15) is 11.6 Å². The Labute approximate surface area is 115 Å². The van der Waals surface area contributed by atoms with E-state index in [2.05, 4.69) is 0 Å².